The number of nitrogens with one attached hydrogen (secondary N) is 1. The number of benzene rings is 2. The van der Waals surface area contributed by atoms with Crippen LogP contribution in [0.15, 0.2) is 48.5 Å². The summed E-state index contributed by atoms with van der Waals surface area (Å²) in [5, 5.41) is 3.89. The molecule has 1 heterocycles. The quantitative estimate of drug-likeness (QED) is 0.401. The van der Waals surface area contributed by atoms with Gasteiger partial charge in [-0.3, -0.25) is 9.59 Å². The van der Waals surface area contributed by atoms with Crippen molar-refractivity contribution >= 4 is 22.7 Å². The second-order valence-corrected chi connectivity index (χ2v) is 9.93. The number of carbonyl (C=O) groups is 2. The first-order chi connectivity index (χ1) is 16.7. The molecule has 0 spiro atoms. The van der Waals surface area contributed by atoms with Gasteiger partial charge < -0.3 is 19.5 Å². The number of rotatable bonds is 11. The van der Waals surface area contributed by atoms with E-state index >= 15 is 0 Å². The van der Waals surface area contributed by atoms with Gasteiger partial charge in [-0.15, -0.1) is 0 Å². The van der Waals surface area contributed by atoms with Crippen LogP contribution in [0.2, 0.25) is 0 Å². The van der Waals surface area contributed by atoms with E-state index in [9.17, 15) is 9.59 Å². The Labute approximate surface area is 209 Å². The van der Waals surface area contributed by atoms with Crippen molar-refractivity contribution in [2.45, 2.75) is 54.6 Å². The fraction of sp³-hybridized carbons (Fsp3) is 0.448. The molecule has 1 aromatic heterocycles. The van der Waals surface area contributed by atoms with Gasteiger partial charge in [-0.2, -0.15) is 0 Å². The normalized spacial score (nSPS) is 11.3. The number of ether oxygens (including phenoxy) is 1. The lowest BCUT2D eigenvalue weighted by atomic mass is 10.1. The Hall–Kier alpha value is -3.28. The van der Waals surface area contributed by atoms with E-state index < -0.39 is 0 Å². The molecule has 0 radical (unpaired) electrons. The van der Waals surface area contributed by atoms with Gasteiger partial charge in [0.05, 0.1) is 5.56 Å². The molecule has 0 saturated carbocycles. The van der Waals surface area contributed by atoms with Crippen molar-refractivity contribution in [3.05, 3.63) is 65.4 Å². The molecule has 6 nitrogen and oxygen atoms in total. The van der Waals surface area contributed by atoms with Crippen molar-refractivity contribution in [2.24, 2.45) is 11.8 Å². The molecule has 0 fully saturated rings. The third kappa shape index (κ3) is 6.65. The minimum Gasteiger partial charge on any atom is -0.484 e. The van der Waals surface area contributed by atoms with Crippen molar-refractivity contribution in [3.63, 3.8) is 0 Å². The zero-order valence-corrected chi connectivity index (χ0v) is 21.9. The lowest BCUT2D eigenvalue weighted by Gasteiger charge is -2.26. The summed E-state index contributed by atoms with van der Waals surface area (Å²) in [6.07, 6.45) is 0. The summed E-state index contributed by atoms with van der Waals surface area (Å²) in [6.45, 7) is 15.1. The van der Waals surface area contributed by atoms with E-state index in [1.165, 1.54) is 0 Å². The Balaban J connectivity index is 1.81. The van der Waals surface area contributed by atoms with Gasteiger partial charge >= 0.3 is 0 Å². The SMILES string of the molecule is CCn1c(C)c(C(=O)NCc2ccccc2)c2cc(OCC(=O)N(CC(C)C)CC(C)C)ccc21. The van der Waals surface area contributed by atoms with Crippen LogP contribution in [-0.4, -0.2) is 41.0 Å². The lowest BCUT2D eigenvalue weighted by Crippen LogP contribution is -2.39. The highest BCUT2D eigenvalue weighted by Gasteiger charge is 2.21. The molecule has 0 bridgehead atoms. The van der Waals surface area contributed by atoms with Crippen LogP contribution >= 0.6 is 0 Å². The first-order valence-corrected chi connectivity index (χ1v) is 12.6. The van der Waals surface area contributed by atoms with Crippen LogP contribution in [0.5, 0.6) is 5.75 Å². The summed E-state index contributed by atoms with van der Waals surface area (Å²) in [4.78, 5) is 28.0. The Bertz CT molecular complexity index is 1140. The number of aromatic nitrogens is 1. The zero-order chi connectivity index (χ0) is 25.5. The first kappa shape index (κ1) is 26.3. The molecule has 188 valence electrons. The van der Waals surface area contributed by atoms with Crippen LogP contribution in [0.4, 0.5) is 0 Å². The molecule has 2 aromatic carbocycles. The summed E-state index contributed by atoms with van der Waals surface area (Å²) in [5.41, 5.74) is 3.60. The van der Waals surface area contributed by atoms with Crippen LogP contribution < -0.4 is 10.1 Å². The molecule has 0 unspecified atom stereocenters. The highest BCUT2D eigenvalue weighted by atomic mass is 16.5. The number of hydrogen-bond acceptors (Lipinski definition) is 3. The molecule has 0 saturated heterocycles. The van der Waals surface area contributed by atoms with Crippen LogP contribution in [0.25, 0.3) is 10.9 Å². The molecule has 2 amide bonds. The van der Waals surface area contributed by atoms with E-state index in [1.807, 2.05) is 60.4 Å². The van der Waals surface area contributed by atoms with Gasteiger partial charge in [0.1, 0.15) is 5.75 Å². The highest BCUT2D eigenvalue weighted by Crippen LogP contribution is 2.29. The fourth-order valence-corrected chi connectivity index (χ4v) is 4.51. The molecular weight excluding hydrogens is 438 g/mol. The number of hydrogen-bond donors (Lipinski definition) is 1. The standard InChI is InChI=1S/C29H39N3O3/c1-7-32-22(6)28(29(34)30-16-23-11-9-8-10-12-23)25-15-24(13-14-26(25)32)35-19-27(33)31(17-20(2)3)18-21(4)5/h8-15,20-21H,7,16-19H2,1-6H3,(H,30,34). The fourth-order valence-electron chi connectivity index (χ4n) is 4.51. The molecule has 6 heteroatoms. The molecular formula is C29H39N3O3. The van der Waals surface area contributed by atoms with E-state index in [4.69, 9.17) is 4.74 Å². The third-order valence-electron chi connectivity index (χ3n) is 6.02. The molecule has 0 atom stereocenters. The third-order valence-corrected chi connectivity index (χ3v) is 6.02. The largest absolute Gasteiger partial charge is 0.484 e. The predicted octanol–water partition coefficient (Wildman–Crippen LogP) is 5.42. The molecule has 3 aromatic rings. The number of fused-ring (bicyclic) bond motifs is 1. The van der Waals surface area contributed by atoms with E-state index in [0.717, 1.165) is 28.7 Å². The van der Waals surface area contributed by atoms with Gasteiger partial charge in [0.2, 0.25) is 0 Å². The van der Waals surface area contributed by atoms with Crippen molar-refractivity contribution in [1.82, 2.24) is 14.8 Å². The molecule has 0 aliphatic heterocycles. The van der Waals surface area contributed by atoms with Gasteiger partial charge in [0, 0.05) is 42.8 Å². The van der Waals surface area contributed by atoms with Crippen molar-refractivity contribution in [2.75, 3.05) is 19.7 Å². The second-order valence-electron chi connectivity index (χ2n) is 9.93. The maximum atomic E-state index is 13.2. The van der Waals surface area contributed by atoms with Crippen LogP contribution in [0.1, 0.15) is 56.2 Å². The van der Waals surface area contributed by atoms with Gasteiger partial charge in [0.15, 0.2) is 6.61 Å². The number of aryl methyl sites for hydroxylation is 1. The molecule has 1 N–H and O–H groups in total. The summed E-state index contributed by atoms with van der Waals surface area (Å²) < 4.78 is 8.07. The predicted molar refractivity (Wildman–Crippen MR) is 142 cm³/mol. The van der Waals surface area contributed by atoms with Crippen LogP contribution in [0, 0.1) is 18.8 Å². The zero-order valence-electron chi connectivity index (χ0n) is 21.9. The summed E-state index contributed by atoms with van der Waals surface area (Å²) in [5.74, 6) is 1.24. The minimum atomic E-state index is -0.114. The smallest absolute Gasteiger partial charge is 0.260 e. The van der Waals surface area contributed by atoms with E-state index in [0.29, 0.717) is 42.8 Å². The van der Waals surface area contributed by atoms with Gasteiger partial charge in [-0.05, 0) is 49.4 Å². The Kier molecular flexibility index (Phi) is 8.96. The number of carbonyl (C=O) groups excluding carboxylic acids is 2. The summed E-state index contributed by atoms with van der Waals surface area (Å²) in [6, 6.07) is 15.6. The monoisotopic (exact) mass is 477 g/mol. The van der Waals surface area contributed by atoms with E-state index in [2.05, 4.69) is 44.5 Å². The minimum absolute atomic E-state index is 0.0179. The van der Waals surface area contributed by atoms with Crippen molar-refractivity contribution in [3.8, 4) is 5.75 Å². The average Bonchev–Trinajstić information content (AvgIpc) is 3.10. The molecule has 0 aliphatic carbocycles. The van der Waals surface area contributed by atoms with Crippen molar-refractivity contribution < 1.29 is 14.3 Å². The van der Waals surface area contributed by atoms with Gasteiger partial charge in [0.25, 0.3) is 11.8 Å². The van der Waals surface area contributed by atoms with Gasteiger partial charge in [-0.25, -0.2) is 0 Å². The maximum absolute atomic E-state index is 13.2. The molecule has 35 heavy (non-hydrogen) atoms. The molecule has 0 aliphatic rings. The lowest BCUT2D eigenvalue weighted by molar-refractivity contribution is -0.134. The van der Waals surface area contributed by atoms with Crippen molar-refractivity contribution in [1.29, 1.82) is 0 Å². The average molecular weight is 478 g/mol. The topological polar surface area (TPSA) is 63.6 Å². The number of nitrogens with zero attached hydrogens (tertiary/aromatic N) is 2. The Morgan fingerprint density at radius 3 is 2.26 bits per heavy atom. The van der Waals surface area contributed by atoms with E-state index in [-0.39, 0.29) is 18.4 Å². The second kappa shape index (κ2) is 11.9. The Morgan fingerprint density at radius 2 is 1.66 bits per heavy atom. The highest BCUT2D eigenvalue weighted by molar-refractivity contribution is 6.08. The maximum Gasteiger partial charge on any atom is 0.260 e. The molecule has 3 rings (SSSR count). The summed E-state index contributed by atoms with van der Waals surface area (Å²) >= 11 is 0. The van der Waals surface area contributed by atoms with Crippen LogP contribution in [-0.2, 0) is 17.9 Å². The Morgan fingerprint density at radius 1 is 1.00 bits per heavy atom. The van der Waals surface area contributed by atoms with Gasteiger partial charge in [-0.1, -0.05) is 58.0 Å². The van der Waals surface area contributed by atoms with E-state index in [1.54, 1.807) is 0 Å². The summed E-state index contributed by atoms with van der Waals surface area (Å²) in [7, 11) is 0. The first-order valence-electron chi connectivity index (χ1n) is 12.6. The number of amides is 2. The van der Waals surface area contributed by atoms with Crippen LogP contribution in [0.3, 0.4) is 0 Å².